The van der Waals surface area contributed by atoms with E-state index in [4.69, 9.17) is 0 Å². The molecule has 3 nitrogen and oxygen atoms in total. The monoisotopic (exact) mass is 255 g/mol. The van der Waals surface area contributed by atoms with Crippen molar-refractivity contribution >= 4 is 33.3 Å². The second-order valence-electron chi connectivity index (χ2n) is 2.97. The Hall–Kier alpha value is -1.16. The van der Waals surface area contributed by atoms with Crippen molar-refractivity contribution in [2.75, 3.05) is 5.32 Å². The van der Waals surface area contributed by atoms with E-state index in [-0.39, 0.29) is 0 Å². The zero-order valence-corrected chi connectivity index (χ0v) is 9.51. The summed E-state index contributed by atoms with van der Waals surface area (Å²) in [5.41, 5.74) is 1.57. The van der Waals surface area contributed by atoms with E-state index in [0.29, 0.717) is 5.69 Å². The Bertz CT molecular complexity index is 388. The third-order valence-corrected chi connectivity index (χ3v) is 2.26. The second-order valence-corrected chi connectivity index (χ2v) is 3.89. The molecule has 0 aliphatic heterocycles. The predicted molar refractivity (Wildman–Crippen MR) is 58.2 cm³/mol. The van der Waals surface area contributed by atoms with Gasteiger partial charge in [0.1, 0.15) is 0 Å². The summed E-state index contributed by atoms with van der Waals surface area (Å²) in [5.74, 6) is -1.09. The highest BCUT2D eigenvalue weighted by Gasteiger charge is 2.08. The minimum absolute atomic E-state index is 0.496. The van der Waals surface area contributed by atoms with Crippen molar-refractivity contribution in [3.8, 4) is 0 Å². The normalized spacial score (nSPS) is 9.64. The number of hydrogen-bond donors (Lipinski definition) is 1. The van der Waals surface area contributed by atoms with Crippen molar-refractivity contribution in [3.05, 3.63) is 28.2 Å². The van der Waals surface area contributed by atoms with Gasteiger partial charge in [0.15, 0.2) is 0 Å². The van der Waals surface area contributed by atoms with Crippen molar-refractivity contribution in [2.45, 2.75) is 13.8 Å². The summed E-state index contributed by atoms with van der Waals surface area (Å²) in [6.45, 7) is 3.10. The number of aryl methyl sites for hydroxylation is 1. The summed E-state index contributed by atoms with van der Waals surface area (Å²) in [4.78, 5) is 21.8. The van der Waals surface area contributed by atoms with Crippen LogP contribution in [0.15, 0.2) is 22.7 Å². The van der Waals surface area contributed by atoms with Gasteiger partial charge in [-0.15, -0.1) is 0 Å². The van der Waals surface area contributed by atoms with Crippen LogP contribution in [0.25, 0.3) is 0 Å². The van der Waals surface area contributed by atoms with Gasteiger partial charge >= 0.3 is 0 Å². The van der Waals surface area contributed by atoms with Crippen LogP contribution in [-0.2, 0) is 9.59 Å². The Kier molecular flexibility index (Phi) is 3.41. The Labute approximate surface area is 90.6 Å². The molecule has 0 atom stereocenters. The van der Waals surface area contributed by atoms with Crippen LogP contribution in [0.1, 0.15) is 12.5 Å². The SMILES string of the molecule is CC(=O)C(=O)Nc1cc(Br)ccc1C. The number of ketones is 1. The van der Waals surface area contributed by atoms with Gasteiger partial charge < -0.3 is 5.32 Å². The third kappa shape index (κ3) is 2.67. The summed E-state index contributed by atoms with van der Waals surface area (Å²) in [6, 6.07) is 5.49. The van der Waals surface area contributed by atoms with Crippen molar-refractivity contribution in [2.24, 2.45) is 0 Å². The molecule has 0 aliphatic carbocycles. The fourth-order valence-corrected chi connectivity index (χ4v) is 1.30. The Morgan fingerprint density at radius 1 is 1.36 bits per heavy atom. The van der Waals surface area contributed by atoms with Crippen LogP contribution in [0.2, 0.25) is 0 Å². The number of carbonyl (C=O) groups excluding carboxylic acids is 2. The number of benzene rings is 1. The third-order valence-electron chi connectivity index (χ3n) is 1.77. The van der Waals surface area contributed by atoms with Gasteiger partial charge in [-0.05, 0) is 24.6 Å². The maximum atomic E-state index is 11.1. The van der Waals surface area contributed by atoms with E-state index in [1.807, 2.05) is 19.1 Å². The Balaban J connectivity index is 2.91. The fraction of sp³-hybridized carbons (Fsp3) is 0.200. The molecule has 14 heavy (non-hydrogen) atoms. The minimum Gasteiger partial charge on any atom is -0.319 e. The number of rotatable bonds is 2. The molecule has 1 amide bonds. The summed E-state index contributed by atoms with van der Waals surface area (Å²) < 4.78 is 0.863. The van der Waals surface area contributed by atoms with Crippen LogP contribution >= 0.6 is 15.9 Å². The van der Waals surface area contributed by atoms with E-state index in [1.165, 1.54) is 6.92 Å². The van der Waals surface area contributed by atoms with E-state index in [2.05, 4.69) is 21.2 Å². The lowest BCUT2D eigenvalue weighted by Gasteiger charge is -2.06. The minimum atomic E-state index is -0.591. The summed E-state index contributed by atoms with van der Waals surface area (Å²) >= 11 is 3.29. The number of amides is 1. The summed E-state index contributed by atoms with van der Waals surface area (Å²) in [7, 11) is 0. The molecule has 74 valence electrons. The van der Waals surface area contributed by atoms with E-state index < -0.39 is 11.7 Å². The van der Waals surface area contributed by atoms with Crippen molar-refractivity contribution in [1.29, 1.82) is 0 Å². The first-order chi connectivity index (χ1) is 6.50. The largest absolute Gasteiger partial charge is 0.319 e. The molecule has 0 fully saturated rings. The first-order valence-corrected chi connectivity index (χ1v) is 4.88. The molecule has 0 spiro atoms. The number of halogens is 1. The molecule has 0 radical (unpaired) electrons. The van der Waals surface area contributed by atoms with Crippen LogP contribution in [0.4, 0.5) is 5.69 Å². The van der Waals surface area contributed by atoms with E-state index in [1.54, 1.807) is 6.07 Å². The molecule has 1 N–H and O–H groups in total. The lowest BCUT2D eigenvalue weighted by molar-refractivity contribution is -0.133. The standard InChI is InChI=1S/C10H10BrNO2/c1-6-3-4-8(11)5-9(6)12-10(14)7(2)13/h3-5H,1-2H3,(H,12,14). The molecule has 1 rings (SSSR count). The van der Waals surface area contributed by atoms with Crippen LogP contribution in [0.3, 0.4) is 0 Å². The van der Waals surface area contributed by atoms with Gasteiger partial charge in [-0.2, -0.15) is 0 Å². The first-order valence-electron chi connectivity index (χ1n) is 4.09. The zero-order chi connectivity index (χ0) is 10.7. The van der Waals surface area contributed by atoms with Gasteiger partial charge in [0.05, 0.1) is 0 Å². The van der Waals surface area contributed by atoms with Crippen molar-refractivity contribution in [1.82, 2.24) is 0 Å². The van der Waals surface area contributed by atoms with Gasteiger partial charge in [0.2, 0.25) is 5.78 Å². The fourth-order valence-electron chi connectivity index (χ4n) is 0.939. The van der Waals surface area contributed by atoms with Crippen LogP contribution in [0.5, 0.6) is 0 Å². The van der Waals surface area contributed by atoms with Crippen molar-refractivity contribution in [3.63, 3.8) is 0 Å². The molecule has 0 aromatic heterocycles. The zero-order valence-electron chi connectivity index (χ0n) is 7.93. The molecule has 4 heteroatoms. The van der Waals surface area contributed by atoms with E-state index >= 15 is 0 Å². The highest BCUT2D eigenvalue weighted by Crippen LogP contribution is 2.20. The Morgan fingerprint density at radius 3 is 2.57 bits per heavy atom. The maximum absolute atomic E-state index is 11.1. The molecule has 0 heterocycles. The highest BCUT2D eigenvalue weighted by molar-refractivity contribution is 9.10. The van der Waals surface area contributed by atoms with Crippen LogP contribution < -0.4 is 5.32 Å². The van der Waals surface area contributed by atoms with E-state index in [9.17, 15) is 9.59 Å². The number of hydrogen-bond acceptors (Lipinski definition) is 2. The Morgan fingerprint density at radius 2 is 2.00 bits per heavy atom. The highest BCUT2D eigenvalue weighted by atomic mass is 79.9. The molecule has 0 unspecified atom stereocenters. The molecule has 0 bridgehead atoms. The number of carbonyl (C=O) groups is 2. The lowest BCUT2D eigenvalue weighted by atomic mass is 10.2. The quantitative estimate of drug-likeness (QED) is 0.825. The lowest BCUT2D eigenvalue weighted by Crippen LogP contribution is -2.20. The topological polar surface area (TPSA) is 46.2 Å². The molecule has 0 saturated heterocycles. The van der Waals surface area contributed by atoms with Gasteiger partial charge in [-0.1, -0.05) is 22.0 Å². The average Bonchev–Trinajstić information content (AvgIpc) is 2.11. The molecular weight excluding hydrogens is 246 g/mol. The predicted octanol–water partition coefficient (Wildman–Crippen LogP) is 2.29. The van der Waals surface area contributed by atoms with Gasteiger partial charge in [0.25, 0.3) is 5.91 Å². The van der Waals surface area contributed by atoms with Crippen LogP contribution in [0, 0.1) is 6.92 Å². The summed E-state index contributed by atoms with van der Waals surface area (Å²) in [6.07, 6.45) is 0. The van der Waals surface area contributed by atoms with E-state index in [0.717, 1.165) is 10.0 Å². The first kappa shape index (κ1) is 10.9. The number of nitrogens with one attached hydrogen (secondary N) is 1. The second kappa shape index (κ2) is 4.37. The molecule has 0 aliphatic rings. The van der Waals surface area contributed by atoms with Crippen molar-refractivity contribution < 1.29 is 9.59 Å². The smallest absolute Gasteiger partial charge is 0.291 e. The molecular formula is C10H10BrNO2. The molecule has 1 aromatic rings. The molecule has 1 aromatic carbocycles. The molecule has 0 saturated carbocycles. The summed E-state index contributed by atoms with van der Waals surface area (Å²) in [5, 5.41) is 2.53. The number of anilines is 1. The van der Waals surface area contributed by atoms with Gasteiger partial charge in [0, 0.05) is 17.1 Å². The van der Waals surface area contributed by atoms with Gasteiger partial charge in [-0.25, -0.2) is 0 Å². The number of Topliss-reactive ketones (excluding diaryl/α,β-unsaturated/α-hetero) is 1. The van der Waals surface area contributed by atoms with Gasteiger partial charge in [-0.3, -0.25) is 9.59 Å². The maximum Gasteiger partial charge on any atom is 0.291 e. The average molecular weight is 256 g/mol. The van der Waals surface area contributed by atoms with Crippen LogP contribution in [-0.4, -0.2) is 11.7 Å².